The molecule has 0 bridgehead atoms. The van der Waals surface area contributed by atoms with Gasteiger partial charge in [-0.2, -0.15) is 4.98 Å². The zero-order chi connectivity index (χ0) is 19.2. The summed E-state index contributed by atoms with van der Waals surface area (Å²) in [4.78, 5) is 20.9. The molecule has 1 aliphatic rings. The second-order valence-corrected chi connectivity index (χ2v) is 6.65. The van der Waals surface area contributed by atoms with Crippen LogP contribution in [0.15, 0.2) is 28.8 Å². The highest BCUT2D eigenvalue weighted by molar-refractivity contribution is 5.74. The summed E-state index contributed by atoms with van der Waals surface area (Å²) in [5, 5.41) is 6.81. The van der Waals surface area contributed by atoms with Crippen molar-refractivity contribution in [2.24, 2.45) is 0 Å². The second kappa shape index (κ2) is 8.85. The molecule has 0 spiro atoms. The molecule has 1 N–H and O–H groups in total. The van der Waals surface area contributed by atoms with E-state index in [-0.39, 0.29) is 12.1 Å². The minimum atomic E-state index is -0.308. The van der Waals surface area contributed by atoms with Crippen LogP contribution >= 0.6 is 0 Å². The van der Waals surface area contributed by atoms with E-state index in [4.69, 9.17) is 9.26 Å². The van der Waals surface area contributed by atoms with Gasteiger partial charge in [-0.05, 0) is 13.0 Å². The number of aryl methyl sites for hydroxylation is 1. The highest BCUT2D eigenvalue weighted by Crippen LogP contribution is 2.20. The minimum absolute atomic E-state index is 0.101. The van der Waals surface area contributed by atoms with Crippen LogP contribution in [0.2, 0.25) is 0 Å². The highest BCUT2D eigenvalue weighted by atomic mass is 16.5. The van der Waals surface area contributed by atoms with E-state index in [2.05, 4.69) is 26.4 Å². The molecule has 2 heterocycles. The summed E-state index contributed by atoms with van der Waals surface area (Å²) in [6.07, 6.45) is 0.707. The summed E-state index contributed by atoms with van der Waals surface area (Å²) in [5.41, 5.74) is 1.16. The number of benzene rings is 1. The van der Waals surface area contributed by atoms with Gasteiger partial charge in [0.15, 0.2) is 5.82 Å². The number of ether oxygens (including phenoxy) is 1. The van der Waals surface area contributed by atoms with Crippen LogP contribution in [-0.4, -0.2) is 59.3 Å². The first-order valence-electron chi connectivity index (χ1n) is 9.33. The average Bonchev–Trinajstić information content (AvgIpc) is 3.18. The number of aromatic nitrogens is 2. The van der Waals surface area contributed by atoms with Crippen LogP contribution in [0.1, 0.15) is 37.2 Å². The maximum absolute atomic E-state index is 12.5. The third kappa shape index (κ3) is 4.77. The summed E-state index contributed by atoms with van der Waals surface area (Å²) in [6.45, 7) is 7.62. The normalized spacial score (nSPS) is 16.2. The molecule has 2 amide bonds. The lowest BCUT2D eigenvalue weighted by Gasteiger charge is -2.35. The molecular weight excluding hydrogens is 346 g/mol. The lowest BCUT2D eigenvalue weighted by molar-refractivity contribution is 0.132. The Hall–Kier alpha value is -2.61. The molecule has 8 nitrogen and oxygen atoms in total. The fraction of sp³-hybridized carbons (Fsp3) is 0.526. The molecule has 1 aromatic heterocycles. The molecule has 2 aromatic rings. The number of hydrogen-bond acceptors (Lipinski definition) is 6. The number of amides is 2. The molecule has 0 radical (unpaired) electrons. The van der Waals surface area contributed by atoms with Crippen molar-refractivity contribution in [1.82, 2.24) is 25.3 Å². The number of urea groups is 1. The molecule has 3 rings (SSSR count). The Kier molecular flexibility index (Phi) is 6.28. The molecule has 146 valence electrons. The molecule has 1 fully saturated rings. The Morgan fingerprint density at radius 2 is 2.04 bits per heavy atom. The van der Waals surface area contributed by atoms with Gasteiger partial charge in [0, 0.05) is 44.7 Å². The van der Waals surface area contributed by atoms with Crippen LogP contribution in [0.5, 0.6) is 5.75 Å². The average molecular weight is 373 g/mol. The van der Waals surface area contributed by atoms with Crippen molar-refractivity contribution in [2.75, 3.05) is 33.3 Å². The number of piperazine rings is 1. The molecule has 0 aliphatic carbocycles. The standard InChI is InChI=1S/C19H27N5O3/c1-4-17-21-18(27-22-17)14(2)20-19(25)24-11-9-23(10-12-24)13-15-7-5-6-8-16(15)26-3/h5-8,14H,4,9-13H2,1-3H3,(H,20,25)/t14-/m0/s1. The molecule has 0 unspecified atom stereocenters. The quantitative estimate of drug-likeness (QED) is 0.836. The van der Waals surface area contributed by atoms with Gasteiger partial charge < -0.3 is 19.5 Å². The Balaban J connectivity index is 1.49. The first kappa shape index (κ1) is 19.2. The third-order valence-corrected chi connectivity index (χ3v) is 4.76. The first-order chi connectivity index (χ1) is 13.1. The number of hydrogen-bond donors (Lipinski definition) is 1. The van der Waals surface area contributed by atoms with Gasteiger partial charge >= 0.3 is 6.03 Å². The van der Waals surface area contributed by atoms with Gasteiger partial charge in [-0.3, -0.25) is 4.90 Å². The van der Waals surface area contributed by atoms with Crippen molar-refractivity contribution in [3.63, 3.8) is 0 Å². The van der Waals surface area contributed by atoms with E-state index in [1.807, 2.05) is 36.9 Å². The molecule has 1 aromatic carbocycles. The van der Waals surface area contributed by atoms with Crippen molar-refractivity contribution >= 4 is 6.03 Å². The third-order valence-electron chi connectivity index (χ3n) is 4.76. The van der Waals surface area contributed by atoms with E-state index >= 15 is 0 Å². The molecule has 1 atom stereocenters. The van der Waals surface area contributed by atoms with Crippen LogP contribution in [-0.2, 0) is 13.0 Å². The van der Waals surface area contributed by atoms with Crippen LogP contribution in [0.4, 0.5) is 4.79 Å². The van der Waals surface area contributed by atoms with Gasteiger partial charge in [-0.15, -0.1) is 0 Å². The van der Waals surface area contributed by atoms with Crippen LogP contribution < -0.4 is 10.1 Å². The summed E-state index contributed by atoms with van der Waals surface area (Å²) in [5.74, 6) is 1.99. The van der Waals surface area contributed by atoms with Gasteiger partial charge in [0.1, 0.15) is 11.8 Å². The summed E-state index contributed by atoms with van der Waals surface area (Å²) < 4.78 is 10.6. The Morgan fingerprint density at radius 1 is 1.30 bits per heavy atom. The van der Waals surface area contributed by atoms with E-state index in [1.165, 1.54) is 0 Å². The zero-order valence-corrected chi connectivity index (χ0v) is 16.1. The number of para-hydroxylation sites is 1. The maximum atomic E-state index is 12.5. The van der Waals surface area contributed by atoms with Crippen molar-refractivity contribution in [3.05, 3.63) is 41.5 Å². The minimum Gasteiger partial charge on any atom is -0.496 e. The van der Waals surface area contributed by atoms with Crippen molar-refractivity contribution in [1.29, 1.82) is 0 Å². The number of carbonyl (C=O) groups is 1. The van der Waals surface area contributed by atoms with Gasteiger partial charge in [-0.25, -0.2) is 4.79 Å². The number of rotatable bonds is 6. The summed E-state index contributed by atoms with van der Waals surface area (Å²) in [7, 11) is 1.69. The van der Waals surface area contributed by atoms with Gasteiger partial charge in [0.25, 0.3) is 0 Å². The number of nitrogens with zero attached hydrogens (tertiary/aromatic N) is 4. The van der Waals surface area contributed by atoms with Gasteiger partial charge in [0.05, 0.1) is 7.11 Å². The SMILES string of the molecule is CCc1noc([C@H](C)NC(=O)N2CCN(Cc3ccccc3OC)CC2)n1. The highest BCUT2D eigenvalue weighted by Gasteiger charge is 2.24. The predicted molar refractivity (Wildman–Crippen MR) is 100 cm³/mol. The molecule has 1 aliphatic heterocycles. The summed E-state index contributed by atoms with van der Waals surface area (Å²) >= 11 is 0. The first-order valence-corrected chi connectivity index (χ1v) is 9.33. The molecular formula is C19H27N5O3. The van der Waals surface area contributed by atoms with Crippen LogP contribution in [0.3, 0.4) is 0 Å². The summed E-state index contributed by atoms with van der Waals surface area (Å²) in [6, 6.07) is 7.63. The maximum Gasteiger partial charge on any atom is 0.318 e. The number of carbonyl (C=O) groups excluding carboxylic acids is 1. The lowest BCUT2D eigenvalue weighted by atomic mass is 10.1. The second-order valence-electron chi connectivity index (χ2n) is 6.65. The van der Waals surface area contributed by atoms with E-state index in [9.17, 15) is 4.79 Å². The lowest BCUT2D eigenvalue weighted by Crippen LogP contribution is -2.51. The Bertz CT molecular complexity index is 755. The number of methoxy groups -OCH3 is 1. The van der Waals surface area contributed by atoms with Gasteiger partial charge in [-0.1, -0.05) is 30.3 Å². The van der Waals surface area contributed by atoms with Crippen molar-refractivity contribution in [2.45, 2.75) is 32.9 Å². The van der Waals surface area contributed by atoms with E-state index in [0.717, 1.165) is 30.9 Å². The van der Waals surface area contributed by atoms with E-state index in [0.29, 0.717) is 31.2 Å². The topological polar surface area (TPSA) is 83.7 Å². The van der Waals surface area contributed by atoms with Crippen LogP contribution in [0, 0.1) is 0 Å². The van der Waals surface area contributed by atoms with E-state index < -0.39 is 0 Å². The van der Waals surface area contributed by atoms with Crippen molar-refractivity contribution < 1.29 is 14.1 Å². The molecule has 1 saturated heterocycles. The fourth-order valence-corrected chi connectivity index (χ4v) is 3.11. The zero-order valence-electron chi connectivity index (χ0n) is 16.1. The predicted octanol–water partition coefficient (Wildman–Crippen LogP) is 2.23. The fourth-order valence-electron chi connectivity index (χ4n) is 3.11. The Morgan fingerprint density at radius 3 is 2.70 bits per heavy atom. The smallest absolute Gasteiger partial charge is 0.318 e. The monoisotopic (exact) mass is 373 g/mol. The van der Waals surface area contributed by atoms with Crippen LogP contribution in [0.25, 0.3) is 0 Å². The largest absolute Gasteiger partial charge is 0.496 e. The molecule has 27 heavy (non-hydrogen) atoms. The molecule has 8 heteroatoms. The van der Waals surface area contributed by atoms with Gasteiger partial charge in [0.2, 0.25) is 5.89 Å². The number of nitrogens with one attached hydrogen (secondary N) is 1. The van der Waals surface area contributed by atoms with E-state index in [1.54, 1.807) is 7.11 Å². The Labute approximate surface area is 159 Å². The molecule has 0 saturated carbocycles. The van der Waals surface area contributed by atoms with Crippen molar-refractivity contribution in [3.8, 4) is 5.75 Å².